The molecule has 0 aromatic carbocycles. The molecular formula is CH8CoLiO4P. The van der Waals surface area contributed by atoms with Gasteiger partial charge < -0.3 is 14.7 Å². The van der Waals surface area contributed by atoms with E-state index in [4.69, 9.17) is 19.2 Å². The van der Waals surface area contributed by atoms with E-state index < -0.39 is 7.82 Å². The van der Waals surface area contributed by atoms with Crippen LogP contribution in [0.1, 0.15) is 7.43 Å². The molecular weight excluding hydrogens is 173 g/mol. The third kappa shape index (κ3) is 189. The van der Waals surface area contributed by atoms with Gasteiger partial charge in [-0.05, 0) is 0 Å². The summed E-state index contributed by atoms with van der Waals surface area (Å²) >= 11 is 0. The average molecular weight is 181 g/mol. The molecule has 0 fully saturated rings. The third-order valence-electron chi connectivity index (χ3n) is 0. The van der Waals surface area contributed by atoms with Crippen LogP contribution >= 0.6 is 7.82 Å². The Bertz CT molecular complexity index is 62.2. The third-order valence-corrected chi connectivity index (χ3v) is 0. The fourth-order valence-corrected chi connectivity index (χ4v) is 0. The summed E-state index contributed by atoms with van der Waals surface area (Å²) in [6.07, 6.45) is 0. The number of phosphoric acid groups is 1. The number of hydrogen-bond acceptors (Lipinski definition) is 1. The molecule has 0 rings (SSSR count). The Kier molecular flexibility index (Phi) is 23.5. The van der Waals surface area contributed by atoms with E-state index in [9.17, 15) is 0 Å². The van der Waals surface area contributed by atoms with E-state index in [0.717, 1.165) is 0 Å². The zero-order chi connectivity index (χ0) is 4.50. The Morgan fingerprint density at radius 1 is 1.12 bits per heavy atom. The zero-order valence-corrected chi connectivity index (χ0v) is 4.47. The average Bonchev–Trinajstić information content (AvgIpc) is 0.722. The van der Waals surface area contributed by atoms with Crippen LogP contribution in [0.15, 0.2) is 0 Å². The molecule has 0 amide bonds. The SMILES string of the molecule is C.O=P(O)(O)O.[Co].[LiH]. The van der Waals surface area contributed by atoms with Gasteiger partial charge in [-0.3, -0.25) is 0 Å². The minimum atomic E-state index is -4.64. The normalized spacial score (nSPS) is 7.38. The van der Waals surface area contributed by atoms with Crippen LogP contribution in [0.3, 0.4) is 0 Å². The van der Waals surface area contributed by atoms with E-state index in [-0.39, 0.29) is 43.1 Å². The quantitative estimate of drug-likeness (QED) is 0.332. The van der Waals surface area contributed by atoms with Gasteiger partial charge in [-0.25, -0.2) is 4.57 Å². The van der Waals surface area contributed by atoms with Gasteiger partial charge in [-0.1, -0.05) is 7.43 Å². The van der Waals surface area contributed by atoms with Crippen LogP contribution in [0.25, 0.3) is 0 Å². The second kappa shape index (κ2) is 8.21. The topological polar surface area (TPSA) is 77.8 Å². The molecule has 0 aromatic heterocycles. The molecule has 0 bridgehead atoms. The summed E-state index contributed by atoms with van der Waals surface area (Å²) in [5.74, 6) is 0. The first-order valence-corrected chi connectivity index (χ1v) is 2.35. The molecule has 0 aliphatic carbocycles. The Hall–Kier alpha value is 1.21. The molecule has 7 heteroatoms. The van der Waals surface area contributed by atoms with Crippen molar-refractivity contribution in [2.45, 2.75) is 7.43 Å². The summed E-state index contributed by atoms with van der Waals surface area (Å²) in [6, 6.07) is 0. The van der Waals surface area contributed by atoms with Crippen LogP contribution in [0.4, 0.5) is 0 Å². The second-order valence-electron chi connectivity index (χ2n) is 0.513. The van der Waals surface area contributed by atoms with Crippen molar-refractivity contribution in [3.05, 3.63) is 0 Å². The van der Waals surface area contributed by atoms with Crippen molar-refractivity contribution in [3.63, 3.8) is 0 Å². The van der Waals surface area contributed by atoms with Gasteiger partial charge in [0, 0.05) is 16.8 Å². The first-order valence-electron chi connectivity index (χ1n) is 0.783. The molecule has 0 saturated heterocycles. The van der Waals surface area contributed by atoms with Gasteiger partial charge in [0.25, 0.3) is 0 Å². The van der Waals surface area contributed by atoms with Crippen molar-refractivity contribution < 1.29 is 36.0 Å². The fraction of sp³-hybridized carbons (Fsp3) is 1.00. The van der Waals surface area contributed by atoms with Crippen molar-refractivity contribution in [2.75, 3.05) is 0 Å². The van der Waals surface area contributed by atoms with Crippen LogP contribution < -0.4 is 0 Å². The van der Waals surface area contributed by atoms with Crippen molar-refractivity contribution in [2.24, 2.45) is 0 Å². The first kappa shape index (κ1) is 22.9. The molecule has 0 unspecified atom stereocenters. The van der Waals surface area contributed by atoms with Crippen LogP contribution in [0.5, 0.6) is 0 Å². The predicted molar refractivity (Wildman–Crippen MR) is 28.1 cm³/mol. The molecule has 3 N–H and O–H groups in total. The van der Waals surface area contributed by atoms with Gasteiger partial charge in [-0.15, -0.1) is 0 Å². The van der Waals surface area contributed by atoms with Crippen molar-refractivity contribution in [3.8, 4) is 0 Å². The summed E-state index contributed by atoms with van der Waals surface area (Å²) in [7, 11) is -4.64. The molecule has 51 valence electrons. The molecule has 0 aliphatic rings. The van der Waals surface area contributed by atoms with Crippen LogP contribution in [-0.4, -0.2) is 33.5 Å². The van der Waals surface area contributed by atoms with Crippen LogP contribution in [0, 0.1) is 0 Å². The van der Waals surface area contributed by atoms with Gasteiger partial charge in [0.15, 0.2) is 0 Å². The van der Waals surface area contributed by atoms with E-state index in [2.05, 4.69) is 0 Å². The fourth-order valence-electron chi connectivity index (χ4n) is 0. The standard InChI is InChI=1S/CH4.Co.Li.H3O4P.H/c;;;1-5(2,3)4;/h1H4;;;(H3,1,2,3,4);. The predicted octanol–water partition coefficient (Wildman–Crippen LogP) is -0.944. The van der Waals surface area contributed by atoms with Gasteiger partial charge in [0.05, 0.1) is 0 Å². The first-order chi connectivity index (χ1) is 2.00. The number of hydrogen-bond donors (Lipinski definition) is 3. The molecule has 0 aliphatic heterocycles. The second-order valence-corrected chi connectivity index (χ2v) is 1.54. The van der Waals surface area contributed by atoms with E-state index in [1.165, 1.54) is 0 Å². The Morgan fingerprint density at radius 2 is 1.12 bits per heavy atom. The Labute approximate surface area is 70.3 Å². The summed E-state index contributed by atoms with van der Waals surface area (Å²) in [4.78, 5) is 21.6. The minimum absolute atomic E-state index is 0. The summed E-state index contributed by atoms with van der Waals surface area (Å²) in [5.41, 5.74) is 0. The molecule has 1 radical (unpaired) electrons. The molecule has 4 nitrogen and oxygen atoms in total. The molecule has 8 heavy (non-hydrogen) atoms. The van der Waals surface area contributed by atoms with Gasteiger partial charge in [-0.2, -0.15) is 0 Å². The van der Waals surface area contributed by atoms with E-state index in [0.29, 0.717) is 0 Å². The van der Waals surface area contributed by atoms with Crippen LogP contribution in [0.2, 0.25) is 0 Å². The van der Waals surface area contributed by atoms with Crippen LogP contribution in [-0.2, 0) is 21.3 Å². The monoisotopic (exact) mass is 181 g/mol. The van der Waals surface area contributed by atoms with Gasteiger partial charge in [0.2, 0.25) is 0 Å². The van der Waals surface area contributed by atoms with Crippen molar-refractivity contribution in [1.29, 1.82) is 0 Å². The number of rotatable bonds is 0. The maximum atomic E-state index is 8.88. The van der Waals surface area contributed by atoms with Crippen molar-refractivity contribution >= 4 is 26.7 Å². The summed E-state index contributed by atoms with van der Waals surface area (Å²) in [5, 5.41) is 0. The molecule has 0 aromatic rings. The van der Waals surface area contributed by atoms with Gasteiger partial charge >= 0.3 is 26.7 Å². The summed E-state index contributed by atoms with van der Waals surface area (Å²) in [6.45, 7) is 0. The zero-order valence-electron chi connectivity index (χ0n) is 2.53. The Balaban J connectivity index is -0.0000000267. The van der Waals surface area contributed by atoms with E-state index in [1.807, 2.05) is 0 Å². The maximum absolute atomic E-state index is 8.88. The van der Waals surface area contributed by atoms with Crippen molar-refractivity contribution in [1.82, 2.24) is 0 Å². The molecule has 0 atom stereocenters. The van der Waals surface area contributed by atoms with E-state index >= 15 is 0 Å². The van der Waals surface area contributed by atoms with Gasteiger partial charge in [0.1, 0.15) is 0 Å². The molecule has 0 saturated carbocycles. The molecule has 0 spiro atoms. The Morgan fingerprint density at radius 3 is 1.12 bits per heavy atom. The summed E-state index contributed by atoms with van der Waals surface area (Å²) < 4.78 is 8.88. The molecule has 0 heterocycles. The van der Waals surface area contributed by atoms with E-state index in [1.54, 1.807) is 0 Å².